The van der Waals surface area contributed by atoms with Crippen molar-refractivity contribution in [1.29, 1.82) is 0 Å². The van der Waals surface area contributed by atoms with E-state index in [1.165, 1.54) is 70.6 Å². The lowest BCUT2D eigenvalue weighted by atomic mass is 10.0. The first kappa shape index (κ1) is 38.1. The third-order valence-corrected chi connectivity index (χ3v) is 8.12. The molecule has 0 aliphatic carbocycles. The molecule has 0 amide bonds. The molecule has 0 saturated heterocycles. The van der Waals surface area contributed by atoms with Gasteiger partial charge >= 0.3 is 11.9 Å². The van der Waals surface area contributed by atoms with Crippen LogP contribution in [0.4, 0.5) is 0 Å². The van der Waals surface area contributed by atoms with Crippen LogP contribution in [0.2, 0.25) is 0 Å². The minimum Gasteiger partial charge on any atom is -0.550 e. The van der Waals surface area contributed by atoms with Crippen LogP contribution >= 0.6 is 0 Å². The topological polar surface area (TPSA) is 115 Å². The summed E-state index contributed by atoms with van der Waals surface area (Å²) in [7, 11) is 0. The monoisotopic (exact) mass is 567 g/mol. The van der Waals surface area contributed by atoms with Crippen molar-refractivity contribution in [3.05, 3.63) is 12.2 Å². The molecule has 0 fully saturated rings. The highest BCUT2D eigenvalue weighted by atomic mass is 16.4. The Balaban J connectivity index is 4.36. The number of rotatable bonds is 28. The highest BCUT2D eigenvalue weighted by Crippen LogP contribution is 2.22. The first-order valence-corrected chi connectivity index (χ1v) is 16.2. The van der Waals surface area contributed by atoms with Gasteiger partial charge in [-0.05, 0) is 52.4 Å². The molecule has 234 valence electrons. The molecule has 0 aromatic carbocycles. The lowest BCUT2D eigenvalue weighted by molar-refractivity contribution is -0.934. The first-order chi connectivity index (χ1) is 19.0. The third-order valence-electron chi connectivity index (χ3n) is 8.12. The molecule has 40 heavy (non-hydrogen) atoms. The second kappa shape index (κ2) is 23.8. The Hall–Kier alpha value is -1.89. The maximum absolute atomic E-state index is 11.6. The molecule has 0 aliphatic heterocycles. The van der Waals surface area contributed by atoms with Crippen LogP contribution in [0.3, 0.4) is 0 Å². The van der Waals surface area contributed by atoms with Crippen LogP contribution in [0.15, 0.2) is 12.2 Å². The van der Waals surface area contributed by atoms with Gasteiger partial charge in [0.1, 0.15) is 11.8 Å². The summed E-state index contributed by atoms with van der Waals surface area (Å²) in [6.07, 6.45) is 25.6. The van der Waals surface area contributed by atoms with Crippen molar-refractivity contribution in [2.75, 3.05) is 26.2 Å². The van der Waals surface area contributed by atoms with Crippen LogP contribution in [0.1, 0.15) is 137 Å². The smallest absolute Gasteiger partial charge is 0.311 e. The Morgan fingerprint density at radius 1 is 0.600 bits per heavy atom. The second-order valence-corrected chi connectivity index (χ2v) is 12.3. The van der Waals surface area contributed by atoms with Crippen molar-refractivity contribution >= 4 is 17.9 Å². The second-order valence-electron chi connectivity index (χ2n) is 12.3. The Kier molecular flexibility index (Phi) is 22.7. The van der Waals surface area contributed by atoms with Crippen LogP contribution in [0.25, 0.3) is 0 Å². The molecule has 0 spiro atoms. The number of nitrogens with zero attached hydrogens (tertiary/aromatic N) is 1. The summed E-state index contributed by atoms with van der Waals surface area (Å²) in [5.74, 6) is -5.26. The van der Waals surface area contributed by atoms with Crippen LogP contribution in [-0.4, -0.2) is 58.8 Å². The van der Waals surface area contributed by atoms with Gasteiger partial charge in [0.15, 0.2) is 0 Å². The maximum atomic E-state index is 11.6. The van der Waals surface area contributed by atoms with Crippen molar-refractivity contribution < 1.29 is 34.2 Å². The van der Waals surface area contributed by atoms with E-state index in [1.54, 1.807) is 20.8 Å². The number of aliphatic carboxylic acids is 3. The predicted octanol–water partition coefficient (Wildman–Crippen LogP) is 6.84. The number of carboxylic acid groups (broad SMARTS) is 3. The fraction of sp³-hybridized carbons (Fsp3) is 0.848. The Morgan fingerprint density at radius 3 is 1.32 bits per heavy atom. The van der Waals surface area contributed by atoms with E-state index in [0.717, 1.165) is 38.5 Å². The molecular weight excluding hydrogens is 506 g/mol. The molecule has 7 nitrogen and oxygen atoms in total. The maximum Gasteiger partial charge on any atom is 0.311 e. The predicted molar refractivity (Wildman–Crippen MR) is 161 cm³/mol. The van der Waals surface area contributed by atoms with Crippen molar-refractivity contribution in [2.24, 2.45) is 17.8 Å². The molecule has 0 heterocycles. The number of unbranched alkanes of at least 4 members (excludes halogenated alkanes) is 15. The fourth-order valence-electron chi connectivity index (χ4n) is 5.70. The zero-order valence-electron chi connectivity index (χ0n) is 26.2. The van der Waals surface area contributed by atoms with Gasteiger partial charge in [-0.15, -0.1) is 0 Å². The molecule has 0 aromatic heterocycles. The molecule has 7 heteroatoms. The van der Waals surface area contributed by atoms with Gasteiger partial charge < -0.3 is 24.6 Å². The normalized spacial score (nSPS) is 15.5. The minimum absolute atomic E-state index is 0.176. The molecule has 0 radical (unpaired) electrons. The fourth-order valence-corrected chi connectivity index (χ4v) is 5.70. The van der Waals surface area contributed by atoms with Gasteiger partial charge in [0.2, 0.25) is 0 Å². The van der Waals surface area contributed by atoms with Gasteiger partial charge in [0, 0.05) is 11.9 Å². The Labute approximate surface area is 245 Å². The average Bonchev–Trinajstić information content (AvgIpc) is 2.89. The summed E-state index contributed by atoms with van der Waals surface area (Å²) in [5.41, 5.74) is 0. The summed E-state index contributed by atoms with van der Waals surface area (Å²) in [4.78, 5) is 34.7. The van der Waals surface area contributed by atoms with E-state index in [9.17, 15) is 29.7 Å². The number of carboxylic acids is 3. The van der Waals surface area contributed by atoms with Gasteiger partial charge in [0.05, 0.1) is 26.2 Å². The van der Waals surface area contributed by atoms with Crippen LogP contribution in [0, 0.1) is 17.8 Å². The summed E-state index contributed by atoms with van der Waals surface area (Å²) in [5, 5.41) is 30.5. The summed E-state index contributed by atoms with van der Waals surface area (Å²) < 4.78 is 0.176. The van der Waals surface area contributed by atoms with E-state index >= 15 is 0 Å². The minimum atomic E-state index is -1.19. The summed E-state index contributed by atoms with van der Waals surface area (Å²) >= 11 is 0. The van der Waals surface area contributed by atoms with Crippen molar-refractivity contribution in [2.45, 2.75) is 137 Å². The molecule has 3 unspecified atom stereocenters. The van der Waals surface area contributed by atoms with E-state index < -0.39 is 35.7 Å². The molecule has 0 rings (SSSR count). The zero-order chi connectivity index (χ0) is 30.2. The van der Waals surface area contributed by atoms with Crippen LogP contribution < -0.4 is 5.11 Å². The molecule has 0 aliphatic rings. The molecular formula is C33H61NO6. The van der Waals surface area contributed by atoms with Gasteiger partial charge in [-0.1, -0.05) is 96.6 Å². The number of hydrogen-bond donors (Lipinski definition) is 2. The third kappa shape index (κ3) is 20.1. The molecule has 0 bridgehead atoms. The zero-order valence-corrected chi connectivity index (χ0v) is 26.2. The van der Waals surface area contributed by atoms with Gasteiger partial charge in [-0.3, -0.25) is 9.59 Å². The highest BCUT2D eigenvalue weighted by molar-refractivity contribution is 5.70. The Morgan fingerprint density at radius 2 is 0.950 bits per heavy atom. The number of quaternary nitrogens is 1. The average molecular weight is 568 g/mol. The molecule has 0 aromatic rings. The van der Waals surface area contributed by atoms with Gasteiger partial charge in [-0.25, -0.2) is 0 Å². The largest absolute Gasteiger partial charge is 0.550 e. The van der Waals surface area contributed by atoms with Crippen molar-refractivity contribution in [3.63, 3.8) is 0 Å². The lowest BCUT2D eigenvalue weighted by Gasteiger charge is -2.43. The lowest BCUT2D eigenvalue weighted by Crippen LogP contribution is -2.58. The number of allylic oxidation sites excluding steroid dienone is 2. The molecule has 2 N–H and O–H groups in total. The van der Waals surface area contributed by atoms with E-state index in [-0.39, 0.29) is 24.1 Å². The van der Waals surface area contributed by atoms with Crippen LogP contribution in [-0.2, 0) is 14.4 Å². The number of carbonyl (C=O) groups excluding carboxylic acids is 1. The summed E-state index contributed by atoms with van der Waals surface area (Å²) in [6.45, 7) is 8.21. The standard InChI is InChI=1S/C33H61NO6/c1-5-6-7-8-9-10-11-12-13-14-15-16-17-18-19-20-21-22-23-24-34(25-28(2)31(35)36,26-29(3)32(37)38)27-30(4)33(39)40/h17-18,28-30H,5-16,19-27H2,1-4H3,(H2-,35,36,37,38,39,40)/b18-17+. The molecule has 3 atom stereocenters. The van der Waals surface area contributed by atoms with Crippen LogP contribution in [0.5, 0.6) is 0 Å². The van der Waals surface area contributed by atoms with E-state index in [2.05, 4.69) is 19.1 Å². The quantitative estimate of drug-likeness (QED) is 0.0608. The van der Waals surface area contributed by atoms with Crippen molar-refractivity contribution in [1.82, 2.24) is 0 Å². The van der Waals surface area contributed by atoms with E-state index in [4.69, 9.17) is 0 Å². The summed E-state index contributed by atoms with van der Waals surface area (Å²) in [6, 6.07) is 0. The van der Waals surface area contributed by atoms with Gasteiger partial charge in [0.25, 0.3) is 0 Å². The van der Waals surface area contributed by atoms with Gasteiger partial charge in [-0.2, -0.15) is 0 Å². The SMILES string of the molecule is CCCCCCCCCCCCC/C=C/CCCCCC[N+](CC(C)C(=O)[O-])(CC(C)C(=O)O)CC(C)C(=O)O. The highest BCUT2D eigenvalue weighted by Gasteiger charge is 2.36. The van der Waals surface area contributed by atoms with E-state index in [1.807, 2.05) is 0 Å². The number of carbonyl (C=O) groups is 3. The Bertz CT molecular complexity index is 652. The number of hydrogen-bond acceptors (Lipinski definition) is 4. The van der Waals surface area contributed by atoms with E-state index in [0.29, 0.717) is 6.54 Å². The van der Waals surface area contributed by atoms with Crippen molar-refractivity contribution in [3.8, 4) is 0 Å². The first-order valence-electron chi connectivity index (χ1n) is 16.2. The molecule has 0 saturated carbocycles.